The molecule has 1 aromatic carbocycles. The summed E-state index contributed by atoms with van der Waals surface area (Å²) in [5.74, 6) is 6.10. The van der Waals surface area contributed by atoms with E-state index in [9.17, 15) is 0 Å². The molecule has 1 aromatic rings. The standard InChI is InChI=1S/C14H24N2O/c1-9(2)14(17-5)13(16-15)12-7-6-10(3)8-11(12)4/h6-9,13-14,16H,15H2,1-5H3. The number of methoxy groups -OCH3 is 1. The van der Waals surface area contributed by atoms with Gasteiger partial charge in [-0.3, -0.25) is 11.3 Å². The van der Waals surface area contributed by atoms with Crippen molar-refractivity contribution in [2.24, 2.45) is 11.8 Å². The molecule has 17 heavy (non-hydrogen) atoms. The lowest BCUT2D eigenvalue weighted by atomic mass is 9.90. The fourth-order valence-corrected chi connectivity index (χ4v) is 2.33. The van der Waals surface area contributed by atoms with Gasteiger partial charge in [-0.25, -0.2) is 0 Å². The number of rotatable bonds is 5. The van der Waals surface area contributed by atoms with Crippen molar-refractivity contribution in [1.29, 1.82) is 0 Å². The van der Waals surface area contributed by atoms with Gasteiger partial charge in [0.25, 0.3) is 0 Å². The highest BCUT2D eigenvalue weighted by atomic mass is 16.5. The summed E-state index contributed by atoms with van der Waals surface area (Å²) in [5, 5.41) is 0. The lowest BCUT2D eigenvalue weighted by Gasteiger charge is -2.30. The lowest BCUT2D eigenvalue weighted by molar-refractivity contribution is 0.0324. The van der Waals surface area contributed by atoms with Crippen molar-refractivity contribution < 1.29 is 4.74 Å². The molecule has 0 aliphatic carbocycles. The Morgan fingerprint density at radius 3 is 2.29 bits per heavy atom. The fourth-order valence-electron chi connectivity index (χ4n) is 2.33. The number of benzene rings is 1. The molecule has 0 fully saturated rings. The number of ether oxygens (including phenoxy) is 1. The van der Waals surface area contributed by atoms with Gasteiger partial charge in [-0.15, -0.1) is 0 Å². The highest BCUT2D eigenvalue weighted by molar-refractivity contribution is 5.33. The number of aryl methyl sites for hydroxylation is 2. The zero-order valence-corrected chi connectivity index (χ0v) is 11.4. The molecule has 0 spiro atoms. The van der Waals surface area contributed by atoms with E-state index in [2.05, 4.69) is 51.3 Å². The average Bonchev–Trinajstić information content (AvgIpc) is 2.26. The molecule has 0 saturated carbocycles. The summed E-state index contributed by atoms with van der Waals surface area (Å²) >= 11 is 0. The molecule has 3 N–H and O–H groups in total. The summed E-state index contributed by atoms with van der Waals surface area (Å²) in [4.78, 5) is 0. The quantitative estimate of drug-likeness (QED) is 0.610. The van der Waals surface area contributed by atoms with Gasteiger partial charge in [-0.05, 0) is 30.9 Å². The van der Waals surface area contributed by atoms with Crippen LogP contribution in [0.4, 0.5) is 0 Å². The minimum Gasteiger partial charge on any atom is -0.379 e. The molecule has 1 rings (SSSR count). The third-order valence-corrected chi connectivity index (χ3v) is 3.20. The first kappa shape index (κ1) is 14.2. The Labute approximate surface area is 104 Å². The van der Waals surface area contributed by atoms with E-state index in [4.69, 9.17) is 10.6 Å². The largest absolute Gasteiger partial charge is 0.379 e. The van der Waals surface area contributed by atoms with Crippen molar-refractivity contribution in [3.63, 3.8) is 0 Å². The van der Waals surface area contributed by atoms with Gasteiger partial charge in [-0.1, -0.05) is 37.6 Å². The summed E-state index contributed by atoms with van der Waals surface area (Å²) in [7, 11) is 1.73. The van der Waals surface area contributed by atoms with Gasteiger partial charge in [0.15, 0.2) is 0 Å². The molecule has 2 atom stereocenters. The molecule has 0 amide bonds. The normalized spacial score (nSPS) is 15.0. The first-order chi connectivity index (χ1) is 8.01. The summed E-state index contributed by atoms with van der Waals surface area (Å²) in [5.41, 5.74) is 6.60. The second-order valence-electron chi connectivity index (χ2n) is 4.95. The van der Waals surface area contributed by atoms with Gasteiger partial charge in [0.2, 0.25) is 0 Å². The Balaban J connectivity index is 3.08. The van der Waals surface area contributed by atoms with Crippen LogP contribution < -0.4 is 11.3 Å². The van der Waals surface area contributed by atoms with Crippen molar-refractivity contribution in [2.45, 2.75) is 39.8 Å². The predicted molar refractivity (Wildman–Crippen MR) is 71.6 cm³/mol. The SMILES string of the molecule is COC(C(C)C)C(NN)c1ccc(C)cc1C. The number of nitrogens with one attached hydrogen (secondary N) is 1. The van der Waals surface area contributed by atoms with Crippen molar-refractivity contribution in [2.75, 3.05) is 7.11 Å². The van der Waals surface area contributed by atoms with Crippen LogP contribution in [0.2, 0.25) is 0 Å². The monoisotopic (exact) mass is 236 g/mol. The molecule has 0 aliphatic rings. The maximum atomic E-state index is 5.70. The maximum absolute atomic E-state index is 5.70. The number of hydrogen-bond acceptors (Lipinski definition) is 3. The van der Waals surface area contributed by atoms with Crippen molar-refractivity contribution in [1.82, 2.24) is 5.43 Å². The highest BCUT2D eigenvalue weighted by Gasteiger charge is 2.25. The molecule has 0 heterocycles. The molecule has 0 saturated heterocycles. The third-order valence-electron chi connectivity index (χ3n) is 3.20. The Kier molecular flexibility index (Phi) is 5.12. The van der Waals surface area contributed by atoms with Crippen molar-refractivity contribution >= 4 is 0 Å². The summed E-state index contributed by atoms with van der Waals surface area (Å²) in [6, 6.07) is 6.44. The molecule has 96 valence electrons. The number of hydrazine groups is 1. The molecule has 2 unspecified atom stereocenters. The molecule has 0 bridgehead atoms. The van der Waals surface area contributed by atoms with Crippen LogP contribution in [0.25, 0.3) is 0 Å². The molecule has 0 aromatic heterocycles. The summed E-state index contributed by atoms with van der Waals surface area (Å²) in [6.45, 7) is 8.49. The van der Waals surface area contributed by atoms with Crippen LogP contribution in [-0.2, 0) is 4.74 Å². The van der Waals surface area contributed by atoms with Gasteiger partial charge in [0.1, 0.15) is 0 Å². The minimum atomic E-state index is 0.0283. The van der Waals surface area contributed by atoms with Gasteiger partial charge in [0, 0.05) is 7.11 Å². The van der Waals surface area contributed by atoms with Crippen LogP contribution in [0, 0.1) is 19.8 Å². The van der Waals surface area contributed by atoms with Crippen molar-refractivity contribution in [3.05, 3.63) is 34.9 Å². The van der Waals surface area contributed by atoms with Crippen LogP contribution in [0.15, 0.2) is 18.2 Å². The van der Waals surface area contributed by atoms with E-state index in [-0.39, 0.29) is 12.1 Å². The van der Waals surface area contributed by atoms with Gasteiger partial charge < -0.3 is 4.74 Å². The Morgan fingerprint density at radius 1 is 1.24 bits per heavy atom. The van der Waals surface area contributed by atoms with E-state index >= 15 is 0 Å². The molecular formula is C14H24N2O. The zero-order chi connectivity index (χ0) is 13.0. The fraction of sp³-hybridized carbons (Fsp3) is 0.571. The first-order valence-corrected chi connectivity index (χ1v) is 6.07. The lowest BCUT2D eigenvalue weighted by Crippen LogP contribution is -2.40. The van der Waals surface area contributed by atoms with E-state index in [0.717, 1.165) is 0 Å². The Bertz CT molecular complexity index is 363. The second-order valence-corrected chi connectivity index (χ2v) is 4.95. The zero-order valence-electron chi connectivity index (χ0n) is 11.4. The van der Waals surface area contributed by atoms with E-state index in [1.165, 1.54) is 16.7 Å². The molecule has 3 nitrogen and oxygen atoms in total. The van der Waals surface area contributed by atoms with E-state index in [0.29, 0.717) is 5.92 Å². The molecule has 0 radical (unpaired) electrons. The Hall–Kier alpha value is -0.900. The van der Waals surface area contributed by atoms with Crippen LogP contribution in [0.5, 0.6) is 0 Å². The van der Waals surface area contributed by atoms with Crippen LogP contribution in [-0.4, -0.2) is 13.2 Å². The maximum Gasteiger partial charge on any atom is 0.0801 e. The molecule has 3 heteroatoms. The van der Waals surface area contributed by atoms with Gasteiger partial charge in [-0.2, -0.15) is 0 Å². The average molecular weight is 236 g/mol. The summed E-state index contributed by atoms with van der Waals surface area (Å²) in [6.07, 6.45) is 0.0707. The predicted octanol–water partition coefficient (Wildman–Crippen LogP) is 2.48. The van der Waals surface area contributed by atoms with E-state index in [1.807, 2.05) is 0 Å². The van der Waals surface area contributed by atoms with E-state index < -0.39 is 0 Å². The van der Waals surface area contributed by atoms with Crippen LogP contribution >= 0.6 is 0 Å². The van der Waals surface area contributed by atoms with Gasteiger partial charge >= 0.3 is 0 Å². The van der Waals surface area contributed by atoms with Crippen molar-refractivity contribution in [3.8, 4) is 0 Å². The third kappa shape index (κ3) is 3.28. The smallest absolute Gasteiger partial charge is 0.0801 e. The number of nitrogens with two attached hydrogens (primary N) is 1. The first-order valence-electron chi connectivity index (χ1n) is 6.07. The van der Waals surface area contributed by atoms with E-state index in [1.54, 1.807) is 7.11 Å². The minimum absolute atomic E-state index is 0.0283. The summed E-state index contributed by atoms with van der Waals surface area (Å²) < 4.78 is 5.56. The molecule has 0 aliphatic heterocycles. The second kappa shape index (κ2) is 6.15. The molecular weight excluding hydrogens is 212 g/mol. The van der Waals surface area contributed by atoms with Gasteiger partial charge in [0.05, 0.1) is 12.1 Å². The van der Waals surface area contributed by atoms with Crippen LogP contribution in [0.3, 0.4) is 0 Å². The Morgan fingerprint density at radius 2 is 1.88 bits per heavy atom. The highest BCUT2D eigenvalue weighted by Crippen LogP contribution is 2.26. The number of hydrogen-bond donors (Lipinski definition) is 2. The topological polar surface area (TPSA) is 47.3 Å². The van der Waals surface area contributed by atoms with Crippen LogP contribution in [0.1, 0.15) is 36.6 Å².